The molecule has 2 bridgehead atoms. The summed E-state index contributed by atoms with van der Waals surface area (Å²) in [6.07, 6.45) is 13.2. The zero-order chi connectivity index (χ0) is 29.0. The summed E-state index contributed by atoms with van der Waals surface area (Å²) in [5.41, 5.74) is 1.26. The Bertz CT molecular complexity index is 1280. The molecule has 0 N–H and O–H groups in total. The highest BCUT2D eigenvalue weighted by Crippen LogP contribution is 2.54. The first-order chi connectivity index (χ1) is 19.2. The molecule has 9 heteroatoms. The number of hydrogen-bond acceptors (Lipinski definition) is 5. The molecule has 0 amide bonds. The third kappa shape index (κ3) is 9.62. The molecule has 1 aliphatic heterocycles. The van der Waals surface area contributed by atoms with E-state index in [2.05, 4.69) is 6.92 Å². The molecule has 40 heavy (non-hydrogen) atoms. The second-order valence-corrected chi connectivity index (χ2v) is 16.4. The van der Waals surface area contributed by atoms with Crippen molar-refractivity contribution in [2.45, 2.75) is 122 Å². The average molecular weight is 595 g/mol. The first kappa shape index (κ1) is 32.7. The Morgan fingerprint density at radius 2 is 1.35 bits per heavy atom. The molecule has 0 spiro atoms. The predicted molar refractivity (Wildman–Crippen MR) is 167 cm³/mol. The lowest BCUT2D eigenvalue weighted by molar-refractivity contribution is 0.487. The van der Waals surface area contributed by atoms with Crippen molar-refractivity contribution in [3.63, 3.8) is 0 Å². The molecule has 1 aromatic carbocycles. The number of nitrogens with zero attached hydrogens (tertiary/aromatic N) is 2. The van der Waals surface area contributed by atoms with Crippen LogP contribution in [0.5, 0.6) is 0 Å². The molecule has 1 unspecified atom stereocenters. The number of hydrogen-bond donors (Lipinski definition) is 0. The smallest absolute Gasteiger partial charge is 0.298 e. The number of aromatic nitrogens is 2. The van der Waals surface area contributed by atoms with Gasteiger partial charge in [-0.25, -0.2) is 8.42 Å². The Balaban J connectivity index is 1.79. The maximum atomic E-state index is 13.5. The first-order valence-corrected chi connectivity index (χ1v) is 18.8. The van der Waals surface area contributed by atoms with E-state index in [0.717, 1.165) is 67.8 Å². The third-order valence-corrected chi connectivity index (χ3v) is 13.8. The van der Waals surface area contributed by atoms with Gasteiger partial charge in [0.25, 0.3) is 5.56 Å². The summed E-state index contributed by atoms with van der Waals surface area (Å²) in [5.74, 6) is 2.31. The predicted octanol–water partition coefficient (Wildman–Crippen LogP) is 6.86. The van der Waals surface area contributed by atoms with E-state index >= 15 is 0 Å². The van der Waals surface area contributed by atoms with E-state index in [0.29, 0.717) is 25.2 Å². The highest BCUT2D eigenvalue weighted by atomic mass is 32.3. The third-order valence-electron chi connectivity index (χ3n) is 7.95. The fourth-order valence-corrected chi connectivity index (χ4v) is 11.4. The maximum absolute atomic E-state index is 13.5. The number of aryl methyl sites for hydroxylation is 2. The van der Waals surface area contributed by atoms with Crippen LogP contribution >= 0.6 is 10.3 Å². The molecule has 0 aliphatic carbocycles. The van der Waals surface area contributed by atoms with Gasteiger partial charge in [0.1, 0.15) is 0 Å². The van der Waals surface area contributed by atoms with E-state index in [1.165, 1.54) is 36.7 Å². The van der Waals surface area contributed by atoms with Gasteiger partial charge in [-0.1, -0.05) is 76.0 Å². The molecule has 0 saturated carbocycles. The Kier molecular flexibility index (Phi) is 13.0. The van der Waals surface area contributed by atoms with E-state index in [1.54, 1.807) is 22.8 Å². The topological polar surface area (TPSA) is 87.4 Å². The van der Waals surface area contributed by atoms with Gasteiger partial charge in [0.2, 0.25) is 0 Å². The van der Waals surface area contributed by atoms with Gasteiger partial charge in [-0.05, 0) is 58.1 Å². The van der Waals surface area contributed by atoms with Gasteiger partial charge in [-0.3, -0.25) is 13.9 Å². The second-order valence-electron chi connectivity index (χ2n) is 11.4. The Morgan fingerprint density at radius 3 is 1.98 bits per heavy atom. The van der Waals surface area contributed by atoms with E-state index in [-0.39, 0.29) is 16.1 Å². The standard InChI is InChI=1S/C31H50N2O5S2/c1-4-5-6-7-8-9-14-23-39(38-40(36,37)29-19-17-27(2)18-20-29)24-15-10-12-21-32-28(3)26-30(34)33(31(32)35)22-13-11-16-25-39/h17-20,26H,4-16,21-25H2,1-3H3. The van der Waals surface area contributed by atoms with Crippen LogP contribution in [0.4, 0.5) is 0 Å². The lowest BCUT2D eigenvalue weighted by Gasteiger charge is -2.39. The SMILES string of the molecule is CCCCCCCCCS1(OS(=O)(=O)c2ccc(C)cc2)CCCCCn2c(C)cc(=O)n(c2=O)CCCCC1. The molecule has 1 aliphatic rings. The van der Waals surface area contributed by atoms with Crippen molar-refractivity contribution in [2.24, 2.45) is 0 Å². The van der Waals surface area contributed by atoms with Gasteiger partial charge in [0.15, 0.2) is 0 Å². The van der Waals surface area contributed by atoms with Crippen molar-refractivity contribution in [1.29, 1.82) is 0 Å². The van der Waals surface area contributed by atoms with E-state index in [4.69, 9.17) is 3.63 Å². The van der Waals surface area contributed by atoms with Crippen LogP contribution in [0.3, 0.4) is 0 Å². The molecule has 226 valence electrons. The molecule has 0 fully saturated rings. The van der Waals surface area contributed by atoms with Gasteiger partial charge in [0, 0.05) is 42.1 Å². The average Bonchev–Trinajstić information content (AvgIpc) is 2.90. The number of benzene rings is 1. The quantitative estimate of drug-likeness (QED) is 0.265. The van der Waals surface area contributed by atoms with Crippen LogP contribution in [0, 0.1) is 13.8 Å². The van der Waals surface area contributed by atoms with Crippen LogP contribution in [0.15, 0.2) is 44.8 Å². The van der Waals surface area contributed by atoms with Crippen molar-refractivity contribution < 1.29 is 12.0 Å². The Morgan fingerprint density at radius 1 is 0.775 bits per heavy atom. The first-order valence-electron chi connectivity index (χ1n) is 15.3. The van der Waals surface area contributed by atoms with Crippen LogP contribution in [0.1, 0.15) is 102 Å². The number of unbranched alkanes of at least 4 members (excludes halogenated alkanes) is 6. The van der Waals surface area contributed by atoms with Crippen LogP contribution in [-0.2, 0) is 26.8 Å². The summed E-state index contributed by atoms with van der Waals surface area (Å²) in [6, 6.07) is 8.51. The monoisotopic (exact) mass is 594 g/mol. The molecule has 2 heterocycles. The summed E-state index contributed by atoms with van der Waals surface area (Å²) in [5, 5.41) is 0. The van der Waals surface area contributed by atoms with Crippen molar-refractivity contribution in [3.05, 3.63) is 62.4 Å². The fourth-order valence-electron chi connectivity index (χ4n) is 5.49. The highest BCUT2D eigenvalue weighted by molar-refractivity contribution is 8.33. The van der Waals surface area contributed by atoms with Crippen molar-refractivity contribution in [1.82, 2.24) is 9.13 Å². The minimum Gasteiger partial charge on any atom is -0.298 e. The Labute approximate surface area is 243 Å². The van der Waals surface area contributed by atoms with Crippen LogP contribution < -0.4 is 11.2 Å². The molecule has 0 radical (unpaired) electrons. The molecular weight excluding hydrogens is 544 g/mol. The van der Waals surface area contributed by atoms with Gasteiger partial charge in [-0.2, -0.15) is 8.42 Å². The fraction of sp³-hybridized carbons (Fsp3) is 0.677. The number of fused-ring (bicyclic) bond motifs is 2. The van der Waals surface area contributed by atoms with Crippen LogP contribution in [0.2, 0.25) is 0 Å². The minimum atomic E-state index is -3.88. The number of rotatable bonds is 11. The molecule has 3 rings (SSSR count). The summed E-state index contributed by atoms with van der Waals surface area (Å²) in [6.45, 7) is 6.94. The maximum Gasteiger partial charge on any atom is 0.331 e. The lowest BCUT2D eigenvalue weighted by atomic mass is 10.1. The largest absolute Gasteiger partial charge is 0.331 e. The van der Waals surface area contributed by atoms with Crippen LogP contribution in [0.25, 0.3) is 0 Å². The van der Waals surface area contributed by atoms with Crippen molar-refractivity contribution in [3.8, 4) is 0 Å². The molecule has 0 saturated heterocycles. The molecular formula is C31H50N2O5S2. The van der Waals surface area contributed by atoms with Gasteiger partial charge in [-0.15, -0.1) is 10.3 Å². The zero-order valence-electron chi connectivity index (χ0n) is 24.9. The molecule has 1 atom stereocenters. The summed E-state index contributed by atoms with van der Waals surface area (Å²) < 4.78 is 36.5. The lowest BCUT2D eigenvalue weighted by Crippen LogP contribution is -2.40. The van der Waals surface area contributed by atoms with Gasteiger partial charge in [0.05, 0.1) is 4.90 Å². The Hall–Kier alpha value is -1.84. The zero-order valence-corrected chi connectivity index (χ0v) is 26.5. The second kappa shape index (κ2) is 16.0. The normalized spacial score (nSPS) is 20.9. The molecule has 2 aromatic rings. The minimum absolute atomic E-state index is 0.214. The van der Waals surface area contributed by atoms with Crippen molar-refractivity contribution >= 4 is 20.4 Å². The van der Waals surface area contributed by atoms with Gasteiger partial charge >= 0.3 is 15.8 Å². The van der Waals surface area contributed by atoms with E-state index < -0.39 is 20.4 Å². The molecule has 7 nitrogen and oxygen atoms in total. The summed E-state index contributed by atoms with van der Waals surface area (Å²) in [7, 11) is -5.75. The van der Waals surface area contributed by atoms with E-state index in [9.17, 15) is 18.0 Å². The van der Waals surface area contributed by atoms with E-state index in [1.807, 2.05) is 26.0 Å². The van der Waals surface area contributed by atoms with Crippen LogP contribution in [-0.4, -0.2) is 34.8 Å². The summed E-state index contributed by atoms with van der Waals surface area (Å²) in [4.78, 5) is 25.7. The molecule has 1 aromatic heterocycles. The van der Waals surface area contributed by atoms with Crippen molar-refractivity contribution in [2.75, 3.05) is 17.3 Å². The highest BCUT2D eigenvalue weighted by Gasteiger charge is 2.32. The van der Waals surface area contributed by atoms with Gasteiger partial charge < -0.3 is 0 Å². The summed E-state index contributed by atoms with van der Waals surface area (Å²) >= 11 is 0.